The highest BCUT2D eigenvalue weighted by Gasteiger charge is 2.28. The fraction of sp³-hybridized carbons (Fsp3) is 0.462. The SMILES string of the molecule is C[C@H](C(=O)NCc1ccccc1F)C1CNC1. The second-order valence-electron chi connectivity index (χ2n) is 4.52. The van der Waals surface area contributed by atoms with Crippen molar-refractivity contribution in [2.75, 3.05) is 13.1 Å². The maximum absolute atomic E-state index is 13.3. The van der Waals surface area contributed by atoms with Gasteiger partial charge in [0.15, 0.2) is 0 Å². The number of carbonyl (C=O) groups is 1. The zero-order chi connectivity index (χ0) is 12.3. The molecule has 0 bridgehead atoms. The average molecular weight is 236 g/mol. The maximum atomic E-state index is 13.3. The zero-order valence-corrected chi connectivity index (χ0v) is 9.87. The molecule has 92 valence electrons. The molecule has 0 aliphatic carbocycles. The first-order chi connectivity index (χ1) is 8.18. The van der Waals surface area contributed by atoms with Crippen LogP contribution in [0.1, 0.15) is 12.5 Å². The van der Waals surface area contributed by atoms with E-state index in [0.29, 0.717) is 11.5 Å². The third-order valence-corrected chi connectivity index (χ3v) is 3.34. The molecule has 1 heterocycles. The molecule has 0 unspecified atom stereocenters. The minimum absolute atomic E-state index is 0.000229. The molecule has 1 atom stereocenters. The number of rotatable bonds is 4. The summed E-state index contributed by atoms with van der Waals surface area (Å²) in [5.41, 5.74) is 0.528. The van der Waals surface area contributed by atoms with Gasteiger partial charge in [0.05, 0.1) is 0 Å². The van der Waals surface area contributed by atoms with Crippen LogP contribution in [0.25, 0.3) is 0 Å². The van der Waals surface area contributed by atoms with Crippen molar-refractivity contribution in [1.29, 1.82) is 0 Å². The van der Waals surface area contributed by atoms with Crippen LogP contribution in [0.4, 0.5) is 4.39 Å². The summed E-state index contributed by atoms with van der Waals surface area (Å²) in [5, 5.41) is 5.92. The van der Waals surface area contributed by atoms with E-state index in [4.69, 9.17) is 0 Å². The van der Waals surface area contributed by atoms with Crippen molar-refractivity contribution >= 4 is 5.91 Å². The van der Waals surface area contributed by atoms with Gasteiger partial charge in [-0.3, -0.25) is 4.79 Å². The molecule has 1 aliphatic rings. The van der Waals surface area contributed by atoms with Crippen LogP contribution in [0, 0.1) is 17.7 Å². The summed E-state index contributed by atoms with van der Waals surface area (Å²) in [6.07, 6.45) is 0. The Morgan fingerprint density at radius 1 is 1.53 bits per heavy atom. The molecule has 1 aromatic rings. The van der Waals surface area contributed by atoms with E-state index in [1.807, 2.05) is 6.92 Å². The van der Waals surface area contributed by atoms with Gasteiger partial charge in [0.1, 0.15) is 5.82 Å². The van der Waals surface area contributed by atoms with E-state index in [1.54, 1.807) is 18.2 Å². The summed E-state index contributed by atoms with van der Waals surface area (Å²) in [5.74, 6) is 0.129. The number of hydrogen-bond donors (Lipinski definition) is 2. The number of halogens is 1. The Hall–Kier alpha value is -1.42. The summed E-state index contributed by atoms with van der Waals surface area (Å²) < 4.78 is 13.3. The van der Waals surface area contributed by atoms with Gasteiger partial charge >= 0.3 is 0 Å². The third-order valence-electron chi connectivity index (χ3n) is 3.34. The highest BCUT2D eigenvalue weighted by atomic mass is 19.1. The normalized spacial score (nSPS) is 17.3. The number of benzene rings is 1. The van der Waals surface area contributed by atoms with Gasteiger partial charge in [0.25, 0.3) is 0 Å². The molecule has 4 heteroatoms. The van der Waals surface area contributed by atoms with Crippen LogP contribution in [0.5, 0.6) is 0 Å². The lowest BCUT2D eigenvalue weighted by molar-refractivity contribution is -0.126. The Labute approximate surface area is 100 Å². The molecule has 2 N–H and O–H groups in total. The predicted molar refractivity (Wildman–Crippen MR) is 63.8 cm³/mol. The van der Waals surface area contributed by atoms with Gasteiger partial charge in [-0.05, 0) is 25.1 Å². The molecule has 0 spiro atoms. The van der Waals surface area contributed by atoms with Crippen LogP contribution in [0.15, 0.2) is 24.3 Å². The van der Waals surface area contributed by atoms with Gasteiger partial charge in [-0.2, -0.15) is 0 Å². The molecule has 0 aromatic heterocycles. The summed E-state index contributed by atoms with van der Waals surface area (Å²) in [6, 6.07) is 6.50. The summed E-state index contributed by atoms with van der Waals surface area (Å²) in [4.78, 5) is 11.8. The number of nitrogens with one attached hydrogen (secondary N) is 2. The van der Waals surface area contributed by atoms with Crippen LogP contribution in [-0.4, -0.2) is 19.0 Å². The summed E-state index contributed by atoms with van der Waals surface area (Å²) in [7, 11) is 0. The van der Waals surface area contributed by atoms with Crippen LogP contribution in [0.3, 0.4) is 0 Å². The monoisotopic (exact) mass is 236 g/mol. The number of carbonyl (C=O) groups excluding carboxylic acids is 1. The van der Waals surface area contributed by atoms with Gasteiger partial charge in [-0.25, -0.2) is 4.39 Å². The van der Waals surface area contributed by atoms with Crippen molar-refractivity contribution in [1.82, 2.24) is 10.6 Å². The van der Waals surface area contributed by atoms with Crippen LogP contribution in [0.2, 0.25) is 0 Å². The molecule has 1 fully saturated rings. The second-order valence-corrected chi connectivity index (χ2v) is 4.52. The first kappa shape index (κ1) is 12.0. The second kappa shape index (κ2) is 5.27. The molecule has 1 amide bonds. The number of amides is 1. The summed E-state index contributed by atoms with van der Waals surface area (Å²) >= 11 is 0. The van der Waals surface area contributed by atoms with Crippen molar-refractivity contribution in [3.63, 3.8) is 0 Å². The average Bonchev–Trinajstić information content (AvgIpc) is 2.25. The largest absolute Gasteiger partial charge is 0.352 e. The fourth-order valence-electron chi connectivity index (χ4n) is 1.86. The molecule has 1 saturated heterocycles. The van der Waals surface area contributed by atoms with E-state index in [0.717, 1.165) is 13.1 Å². The van der Waals surface area contributed by atoms with Gasteiger partial charge in [0.2, 0.25) is 5.91 Å². The Balaban J connectivity index is 1.85. The third kappa shape index (κ3) is 2.82. The van der Waals surface area contributed by atoms with Gasteiger partial charge in [0, 0.05) is 18.0 Å². The molecule has 1 aliphatic heterocycles. The minimum Gasteiger partial charge on any atom is -0.352 e. The predicted octanol–water partition coefficient (Wildman–Crippen LogP) is 1.30. The molecule has 17 heavy (non-hydrogen) atoms. The first-order valence-electron chi connectivity index (χ1n) is 5.90. The fourth-order valence-corrected chi connectivity index (χ4v) is 1.86. The van der Waals surface area contributed by atoms with Crippen LogP contribution >= 0.6 is 0 Å². The Bertz CT molecular complexity index is 404. The Kier molecular flexibility index (Phi) is 3.74. The van der Waals surface area contributed by atoms with E-state index in [2.05, 4.69) is 10.6 Å². The number of hydrogen-bond acceptors (Lipinski definition) is 2. The van der Waals surface area contributed by atoms with E-state index in [9.17, 15) is 9.18 Å². The quantitative estimate of drug-likeness (QED) is 0.827. The standard InChI is InChI=1S/C13H17FN2O/c1-9(11-6-15-7-11)13(17)16-8-10-4-2-3-5-12(10)14/h2-5,9,11,15H,6-8H2,1H3,(H,16,17)/t9-/m0/s1. The maximum Gasteiger partial charge on any atom is 0.223 e. The lowest BCUT2D eigenvalue weighted by Gasteiger charge is -2.31. The van der Waals surface area contributed by atoms with E-state index in [-0.39, 0.29) is 24.2 Å². The van der Waals surface area contributed by atoms with Gasteiger partial charge < -0.3 is 10.6 Å². The molecule has 2 rings (SSSR count). The highest BCUT2D eigenvalue weighted by molar-refractivity contribution is 5.78. The van der Waals surface area contributed by atoms with Crippen molar-refractivity contribution in [2.45, 2.75) is 13.5 Å². The van der Waals surface area contributed by atoms with Gasteiger partial charge in [-0.1, -0.05) is 25.1 Å². The Morgan fingerprint density at radius 3 is 2.82 bits per heavy atom. The molecule has 0 saturated carbocycles. The van der Waals surface area contributed by atoms with Gasteiger partial charge in [-0.15, -0.1) is 0 Å². The highest BCUT2D eigenvalue weighted by Crippen LogP contribution is 2.16. The molecular weight excluding hydrogens is 219 g/mol. The van der Waals surface area contributed by atoms with Crippen LogP contribution < -0.4 is 10.6 Å². The lowest BCUT2D eigenvalue weighted by atomic mass is 9.88. The molecule has 1 aromatic carbocycles. The molecular formula is C13H17FN2O. The smallest absolute Gasteiger partial charge is 0.223 e. The van der Waals surface area contributed by atoms with E-state index < -0.39 is 0 Å². The van der Waals surface area contributed by atoms with E-state index in [1.165, 1.54) is 6.07 Å². The van der Waals surface area contributed by atoms with Crippen molar-refractivity contribution in [2.24, 2.45) is 11.8 Å². The Morgan fingerprint density at radius 2 is 2.24 bits per heavy atom. The van der Waals surface area contributed by atoms with Crippen molar-refractivity contribution < 1.29 is 9.18 Å². The topological polar surface area (TPSA) is 41.1 Å². The zero-order valence-electron chi connectivity index (χ0n) is 9.87. The summed E-state index contributed by atoms with van der Waals surface area (Å²) in [6.45, 7) is 3.97. The van der Waals surface area contributed by atoms with Crippen molar-refractivity contribution in [3.8, 4) is 0 Å². The van der Waals surface area contributed by atoms with E-state index >= 15 is 0 Å². The molecule has 3 nitrogen and oxygen atoms in total. The lowest BCUT2D eigenvalue weighted by Crippen LogP contribution is -2.49. The van der Waals surface area contributed by atoms with Crippen LogP contribution in [-0.2, 0) is 11.3 Å². The molecule has 0 radical (unpaired) electrons. The minimum atomic E-state index is -0.272. The van der Waals surface area contributed by atoms with Crippen molar-refractivity contribution in [3.05, 3.63) is 35.6 Å². The first-order valence-corrected chi connectivity index (χ1v) is 5.90.